The van der Waals surface area contributed by atoms with Crippen LogP contribution >= 0.6 is 0 Å². The normalized spacial score (nSPS) is 28.7. The van der Waals surface area contributed by atoms with E-state index in [1.807, 2.05) is 24.3 Å². The van der Waals surface area contributed by atoms with Gasteiger partial charge in [0.15, 0.2) is 5.70 Å². The molecule has 2 N–H and O–H groups in total. The molecule has 3 heterocycles. The molecule has 3 aliphatic rings. The van der Waals surface area contributed by atoms with Gasteiger partial charge in [-0.1, -0.05) is 12.1 Å². The molecule has 26 heavy (non-hydrogen) atoms. The molecule has 0 spiro atoms. The molecule has 2 unspecified atom stereocenters. The van der Waals surface area contributed by atoms with Crippen LogP contribution in [0.2, 0.25) is 0 Å². The van der Waals surface area contributed by atoms with Crippen molar-refractivity contribution >= 4 is 0 Å². The Labute approximate surface area is 153 Å². The highest BCUT2D eigenvalue weighted by molar-refractivity contribution is 5.46. The topological polar surface area (TPSA) is 46.9 Å². The van der Waals surface area contributed by atoms with Crippen molar-refractivity contribution in [3.8, 4) is 0 Å². The summed E-state index contributed by atoms with van der Waals surface area (Å²) >= 11 is 0. The SMILES string of the molecule is CN1C=CC2=C(CN3CCC(O)C3)C[N+](O)(Cc3ccc(F)cc3)C2=C1. The van der Waals surface area contributed by atoms with Crippen LogP contribution in [0.1, 0.15) is 12.0 Å². The number of hydrogen-bond acceptors (Lipinski definition) is 4. The van der Waals surface area contributed by atoms with Crippen LogP contribution in [0.4, 0.5) is 4.39 Å². The van der Waals surface area contributed by atoms with Crippen molar-refractivity contribution in [3.63, 3.8) is 0 Å². The first kappa shape index (κ1) is 17.4. The zero-order chi connectivity index (χ0) is 18.3. The number of quaternary nitrogens is 1. The Morgan fingerprint density at radius 2 is 2.04 bits per heavy atom. The highest BCUT2D eigenvalue weighted by Gasteiger charge is 2.44. The predicted octanol–water partition coefficient (Wildman–Crippen LogP) is 2.21. The summed E-state index contributed by atoms with van der Waals surface area (Å²) in [5, 5.41) is 21.2. The Hall–Kier alpha value is -1.99. The minimum atomic E-state index is -0.272. The Kier molecular flexibility index (Phi) is 4.44. The molecule has 138 valence electrons. The van der Waals surface area contributed by atoms with Gasteiger partial charge in [-0.05, 0) is 24.6 Å². The zero-order valence-electron chi connectivity index (χ0n) is 15.0. The van der Waals surface area contributed by atoms with E-state index in [1.54, 1.807) is 12.1 Å². The van der Waals surface area contributed by atoms with Crippen LogP contribution in [-0.4, -0.2) is 64.1 Å². The van der Waals surface area contributed by atoms with Gasteiger partial charge in [0.1, 0.15) is 18.9 Å². The average molecular weight is 358 g/mol. The average Bonchev–Trinajstić information content (AvgIpc) is 3.12. The predicted molar refractivity (Wildman–Crippen MR) is 96.1 cm³/mol. The molecule has 0 aliphatic carbocycles. The third kappa shape index (κ3) is 3.33. The van der Waals surface area contributed by atoms with Crippen molar-refractivity contribution in [1.29, 1.82) is 0 Å². The molecule has 6 heteroatoms. The summed E-state index contributed by atoms with van der Waals surface area (Å²) in [5.41, 5.74) is 4.02. The van der Waals surface area contributed by atoms with Crippen LogP contribution < -0.4 is 0 Å². The Bertz CT molecular complexity index is 787. The fourth-order valence-corrected chi connectivity index (χ4v) is 4.09. The van der Waals surface area contributed by atoms with Gasteiger partial charge in [0.2, 0.25) is 0 Å². The van der Waals surface area contributed by atoms with Crippen LogP contribution in [0.25, 0.3) is 0 Å². The number of benzene rings is 1. The number of aliphatic hydroxyl groups excluding tert-OH is 1. The molecule has 4 rings (SSSR count). The minimum Gasteiger partial charge on any atom is -0.392 e. The number of hydroxylamine groups is 3. The summed E-state index contributed by atoms with van der Waals surface area (Å²) in [6.07, 6.45) is 6.56. The lowest BCUT2D eigenvalue weighted by molar-refractivity contribution is -1.08. The summed E-state index contributed by atoms with van der Waals surface area (Å²) in [7, 11) is 1.94. The van der Waals surface area contributed by atoms with Crippen molar-refractivity contribution in [2.75, 3.05) is 33.2 Å². The summed E-state index contributed by atoms with van der Waals surface area (Å²) in [5.74, 6) is -0.272. The number of fused-ring (bicyclic) bond motifs is 1. The van der Waals surface area contributed by atoms with E-state index < -0.39 is 0 Å². The highest BCUT2D eigenvalue weighted by atomic mass is 19.1. The minimum absolute atomic E-state index is 0.207. The third-order valence-electron chi connectivity index (χ3n) is 5.38. The van der Waals surface area contributed by atoms with Gasteiger partial charge in [-0.2, -0.15) is 0 Å². The monoisotopic (exact) mass is 358 g/mol. The molecule has 1 aromatic carbocycles. The first-order valence-electron chi connectivity index (χ1n) is 9.02. The van der Waals surface area contributed by atoms with Gasteiger partial charge in [-0.3, -0.25) is 4.90 Å². The van der Waals surface area contributed by atoms with Crippen molar-refractivity contribution in [2.45, 2.75) is 19.1 Å². The molecular formula is C20H25FN3O2+. The maximum atomic E-state index is 13.2. The van der Waals surface area contributed by atoms with E-state index >= 15 is 0 Å². The molecule has 1 aromatic rings. The Morgan fingerprint density at radius 1 is 1.27 bits per heavy atom. The van der Waals surface area contributed by atoms with E-state index in [0.29, 0.717) is 19.6 Å². The van der Waals surface area contributed by atoms with E-state index in [2.05, 4.69) is 11.0 Å². The molecule has 3 aliphatic heterocycles. The van der Waals surface area contributed by atoms with E-state index in [-0.39, 0.29) is 16.6 Å². The van der Waals surface area contributed by atoms with Gasteiger partial charge in [0.05, 0.1) is 12.3 Å². The van der Waals surface area contributed by atoms with Gasteiger partial charge in [-0.15, -0.1) is 4.65 Å². The van der Waals surface area contributed by atoms with Crippen LogP contribution in [0.5, 0.6) is 0 Å². The van der Waals surface area contributed by atoms with E-state index in [4.69, 9.17) is 0 Å². The van der Waals surface area contributed by atoms with Gasteiger partial charge >= 0.3 is 0 Å². The number of aliphatic hydroxyl groups is 1. The second-order valence-corrected chi connectivity index (χ2v) is 7.56. The van der Waals surface area contributed by atoms with Crippen molar-refractivity contribution in [3.05, 3.63) is 71.0 Å². The van der Waals surface area contributed by atoms with Crippen molar-refractivity contribution in [1.82, 2.24) is 9.80 Å². The van der Waals surface area contributed by atoms with Gasteiger partial charge in [0, 0.05) is 49.6 Å². The maximum absolute atomic E-state index is 13.2. The van der Waals surface area contributed by atoms with Crippen molar-refractivity contribution < 1.29 is 19.4 Å². The number of β-amino-alcohol motifs (C(OH)–C–C–N with tert-alkyl or cyclic N) is 1. The number of halogens is 1. The second-order valence-electron chi connectivity index (χ2n) is 7.56. The molecule has 0 radical (unpaired) electrons. The fraction of sp³-hybridized carbons (Fsp3) is 0.400. The molecule has 5 nitrogen and oxygen atoms in total. The van der Waals surface area contributed by atoms with Crippen LogP contribution in [0, 0.1) is 5.82 Å². The lowest BCUT2D eigenvalue weighted by Crippen LogP contribution is -2.42. The Balaban J connectivity index is 1.60. The maximum Gasteiger partial charge on any atom is 0.189 e. The molecule has 0 saturated carbocycles. The largest absolute Gasteiger partial charge is 0.392 e. The number of hydrogen-bond donors (Lipinski definition) is 2. The van der Waals surface area contributed by atoms with E-state index in [0.717, 1.165) is 36.3 Å². The number of nitrogens with zero attached hydrogens (tertiary/aromatic N) is 3. The van der Waals surface area contributed by atoms with E-state index in [1.165, 1.54) is 17.7 Å². The molecular weight excluding hydrogens is 333 g/mol. The number of likely N-dealkylation sites (tertiary alicyclic amines) is 1. The lowest BCUT2D eigenvalue weighted by atomic mass is 10.1. The molecule has 1 saturated heterocycles. The lowest BCUT2D eigenvalue weighted by Gasteiger charge is -2.29. The molecule has 1 fully saturated rings. The van der Waals surface area contributed by atoms with Gasteiger partial charge in [-0.25, -0.2) is 9.60 Å². The van der Waals surface area contributed by atoms with E-state index in [9.17, 15) is 14.7 Å². The first-order chi connectivity index (χ1) is 12.4. The van der Waals surface area contributed by atoms with Crippen LogP contribution in [0.15, 0.2) is 59.6 Å². The number of allylic oxidation sites excluding steroid dienone is 1. The molecule has 2 atom stereocenters. The second kappa shape index (κ2) is 6.63. The zero-order valence-corrected chi connectivity index (χ0v) is 15.0. The van der Waals surface area contributed by atoms with Gasteiger partial charge < -0.3 is 10.0 Å². The molecule has 0 aromatic heterocycles. The van der Waals surface area contributed by atoms with Crippen molar-refractivity contribution in [2.24, 2.45) is 0 Å². The highest BCUT2D eigenvalue weighted by Crippen LogP contribution is 2.39. The summed E-state index contributed by atoms with van der Waals surface area (Å²) < 4.78 is 13.0. The first-order valence-corrected chi connectivity index (χ1v) is 9.02. The smallest absolute Gasteiger partial charge is 0.189 e. The summed E-state index contributed by atoms with van der Waals surface area (Å²) in [6.45, 7) is 3.21. The number of rotatable bonds is 4. The quantitative estimate of drug-likeness (QED) is 0.811. The summed E-state index contributed by atoms with van der Waals surface area (Å²) in [6, 6.07) is 6.31. The standard InChI is InChI=1S/C20H25FN3O2/c1-22-8-7-19-16(10-23-9-6-18(25)11-23)14-24(26,20(19)12-22)13-15-2-4-17(21)5-3-15/h2-5,7-8,12,18,25-26H,6,9-11,13-14H2,1H3/q+1. The van der Waals surface area contributed by atoms with Gasteiger partial charge in [0.25, 0.3) is 0 Å². The molecule has 0 bridgehead atoms. The fourth-order valence-electron chi connectivity index (χ4n) is 4.09. The Morgan fingerprint density at radius 3 is 2.73 bits per heavy atom. The van der Waals surface area contributed by atoms with Crippen LogP contribution in [-0.2, 0) is 6.54 Å². The van der Waals surface area contributed by atoms with Crippen LogP contribution in [0.3, 0.4) is 0 Å². The molecule has 0 amide bonds. The summed E-state index contributed by atoms with van der Waals surface area (Å²) in [4.78, 5) is 4.18. The third-order valence-corrected chi connectivity index (χ3v) is 5.38.